The molecule has 3 heterocycles. The van der Waals surface area contributed by atoms with Crippen molar-refractivity contribution >= 4 is 11.6 Å². The summed E-state index contributed by atoms with van der Waals surface area (Å²) < 4.78 is 18.8. The number of fused-ring (bicyclic) bond motifs is 1. The highest BCUT2D eigenvalue weighted by molar-refractivity contribution is 6.04. The van der Waals surface area contributed by atoms with Gasteiger partial charge in [-0.25, -0.2) is 0 Å². The molecular weight excluding hydrogens is 334 g/mol. The van der Waals surface area contributed by atoms with Crippen LogP contribution in [0.2, 0.25) is 0 Å². The Bertz CT molecular complexity index is 944. The quantitative estimate of drug-likeness (QED) is 0.779. The van der Waals surface area contributed by atoms with E-state index in [0.29, 0.717) is 35.9 Å². The van der Waals surface area contributed by atoms with Gasteiger partial charge in [0, 0.05) is 6.20 Å². The molecule has 7 heteroatoms. The second-order valence-corrected chi connectivity index (χ2v) is 6.23. The van der Waals surface area contributed by atoms with Gasteiger partial charge in [-0.1, -0.05) is 12.1 Å². The monoisotopic (exact) mass is 353 g/mol. The number of rotatable bonds is 4. The molecule has 1 aliphatic rings. The Kier molecular flexibility index (Phi) is 4.12. The van der Waals surface area contributed by atoms with Crippen LogP contribution < -0.4 is 14.8 Å². The molecule has 7 nitrogen and oxygen atoms in total. The number of hydrogen-bond acceptors (Lipinski definition) is 5. The van der Waals surface area contributed by atoms with Gasteiger partial charge in [0.2, 0.25) is 0 Å². The minimum atomic E-state index is -0.218. The zero-order valence-corrected chi connectivity index (χ0v) is 14.6. The van der Waals surface area contributed by atoms with Gasteiger partial charge in [-0.3, -0.25) is 9.48 Å². The molecule has 4 rings (SSSR count). The van der Waals surface area contributed by atoms with Gasteiger partial charge >= 0.3 is 0 Å². The van der Waals surface area contributed by atoms with E-state index in [2.05, 4.69) is 10.4 Å². The highest BCUT2D eigenvalue weighted by Gasteiger charge is 2.21. The van der Waals surface area contributed by atoms with Gasteiger partial charge in [0.25, 0.3) is 5.91 Å². The third kappa shape index (κ3) is 3.28. The minimum Gasteiger partial charge on any atom is -0.486 e. The summed E-state index contributed by atoms with van der Waals surface area (Å²) in [5.41, 5.74) is 1.14. The number of anilines is 1. The fourth-order valence-electron chi connectivity index (χ4n) is 2.94. The molecular formula is C19H19N3O4. The molecule has 26 heavy (non-hydrogen) atoms. The molecule has 0 fully saturated rings. The first-order valence-corrected chi connectivity index (χ1v) is 8.38. The molecule has 1 N–H and O–H groups in total. The van der Waals surface area contributed by atoms with Gasteiger partial charge in [-0.2, -0.15) is 5.10 Å². The lowest BCUT2D eigenvalue weighted by Gasteiger charge is -2.26. The molecule has 1 aromatic carbocycles. The van der Waals surface area contributed by atoms with Gasteiger partial charge in [-0.05, 0) is 32.0 Å². The molecule has 0 saturated heterocycles. The standard InChI is InChI=1S/C19H19N3O4/c1-12-7-16(13(2)25-12)19(23)21-14-8-20-22(9-14)10-15-11-24-17-5-3-4-6-18(17)26-15/h3-9,15H,10-11H2,1-2H3,(H,21,23). The maximum Gasteiger partial charge on any atom is 0.259 e. The summed E-state index contributed by atoms with van der Waals surface area (Å²) in [7, 11) is 0. The third-order valence-corrected chi connectivity index (χ3v) is 4.13. The van der Waals surface area contributed by atoms with Crippen molar-refractivity contribution in [1.29, 1.82) is 0 Å². The SMILES string of the molecule is Cc1cc(C(=O)Nc2cnn(CC3COc4ccccc4O3)c2)c(C)o1. The zero-order chi connectivity index (χ0) is 18.1. The second kappa shape index (κ2) is 6.59. The summed E-state index contributed by atoms with van der Waals surface area (Å²) in [5, 5.41) is 7.11. The minimum absolute atomic E-state index is 0.146. The molecule has 1 atom stereocenters. The number of nitrogens with one attached hydrogen (secondary N) is 1. The molecule has 0 radical (unpaired) electrons. The van der Waals surface area contributed by atoms with Gasteiger partial charge < -0.3 is 19.2 Å². The Balaban J connectivity index is 1.39. The Morgan fingerprint density at radius 1 is 1.31 bits per heavy atom. The molecule has 0 spiro atoms. The summed E-state index contributed by atoms with van der Waals surface area (Å²) in [4.78, 5) is 12.3. The molecule has 0 saturated carbocycles. The summed E-state index contributed by atoms with van der Waals surface area (Å²) in [6.45, 7) is 4.55. The Hall–Kier alpha value is -3.22. The van der Waals surface area contributed by atoms with Crippen molar-refractivity contribution in [2.45, 2.75) is 26.5 Å². The van der Waals surface area contributed by atoms with Gasteiger partial charge in [0.15, 0.2) is 17.6 Å². The lowest BCUT2D eigenvalue weighted by atomic mass is 10.2. The van der Waals surface area contributed by atoms with Crippen molar-refractivity contribution in [1.82, 2.24) is 9.78 Å². The molecule has 0 bridgehead atoms. The normalized spacial score (nSPS) is 15.7. The first-order valence-electron chi connectivity index (χ1n) is 8.38. The lowest BCUT2D eigenvalue weighted by molar-refractivity contribution is 0.0759. The van der Waals surface area contributed by atoms with Crippen LogP contribution in [-0.2, 0) is 6.54 Å². The topological polar surface area (TPSA) is 78.5 Å². The molecule has 134 valence electrons. The highest BCUT2D eigenvalue weighted by atomic mass is 16.6. The van der Waals surface area contributed by atoms with Crippen LogP contribution in [0.5, 0.6) is 11.5 Å². The third-order valence-electron chi connectivity index (χ3n) is 4.13. The average molecular weight is 353 g/mol. The smallest absolute Gasteiger partial charge is 0.259 e. The first-order chi connectivity index (χ1) is 12.6. The predicted octanol–water partition coefficient (Wildman–Crippen LogP) is 3.19. The van der Waals surface area contributed by atoms with E-state index in [1.165, 1.54) is 0 Å². The molecule has 0 aliphatic carbocycles. The average Bonchev–Trinajstić information content (AvgIpc) is 3.20. The number of amides is 1. The van der Waals surface area contributed by atoms with Crippen LogP contribution in [0.4, 0.5) is 5.69 Å². The molecule has 1 aliphatic heterocycles. The number of carbonyl (C=O) groups excluding carboxylic acids is 1. The maximum atomic E-state index is 12.3. The zero-order valence-electron chi connectivity index (χ0n) is 14.6. The van der Waals surface area contributed by atoms with Crippen molar-refractivity contribution in [2.75, 3.05) is 11.9 Å². The van der Waals surface area contributed by atoms with Crippen molar-refractivity contribution in [2.24, 2.45) is 0 Å². The Morgan fingerprint density at radius 2 is 2.12 bits per heavy atom. The highest BCUT2D eigenvalue weighted by Crippen LogP contribution is 2.31. The van der Waals surface area contributed by atoms with E-state index in [0.717, 1.165) is 11.5 Å². The van der Waals surface area contributed by atoms with E-state index in [-0.39, 0.29) is 12.0 Å². The fraction of sp³-hybridized carbons (Fsp3) is 0.263. The molecule has 1 amide bonds. The number of benzene rings is 1. The number of aromatic nitrogens is 2. The van der Waals surface area contributed by atoms with Crippen LogP contribution in [0.15, 0.2) is 47.1 Å². The maximum absolute atomic E-state index is 12.3. The van der Waals surface area contributed by atoms with E-state index in [1.807, 2.05) is 31.2 Å². The van der Waals surface area contributed by atoms with Crippen LogP contribution in [0, 0.1) is 13.8 Å². The van der Waals surface area contributed by atoms with Crippen LogP contribution in [-0.4, -0.2) is 28.4 Å². The number of hydrogen-bond donors (Lipinski definition) is 1. The number of nitrogens with zero attached hydrogens (tertiary/aromatic N) is 2. The van der Waals surface area contributed by atoms with Crippen molar-refractivity contribution in [3.63, 3.8) is 0 Å². The first kappa shape index (κ1) is 16.3. The number of carbonyl (C=O) groups is 1. The van der Waals surface area contributed by atoms with E-state index >= 15 is 0 Å². The molecule has 1 unspecified atom stereocenters. The van der Waals surface area contributed by atoms with Crippen LogP contribution in [0.3, 0.4) is 0 Å². The van der Waals surface area contributed by atoms with Crippen molar-refractivity contribution in [3.8, 4) is 11.5 Å². The molecule has 2 aromatic heterocycles. The van der Waals surface area contributed by atoms with E-state index < -0.39 is 0 Å². The number of ether oxygens (including phenoxy) is 2. The van der Waals surface area contributed by atoms with Crippen molar-refractivity contribution in [3.05, 3.63) is 59.8 Å². The second-order valence-electron chi connectivity index (χ2n) is 6.23. The van der Waals surface area contributed by atoms with E-state index in [1.54, 1.807) is 30.1 Å². The summed E-state index contributed by atoms with van der Waals surface area (Å²) in [6, 6.07) is 9.30. The van der Waals surface area contributed by atoms with Crippen LogP contribution >= 0.6 is 0 Å². The van der Waals surface area contributed by atoms with Crippen LogP contribution in [0.1, 0.15) is 21.9 Å². The summed E-state index contributed by atoms with van der Waals surface area (Å²) in [6.07, 6.45) is 3.23. The van der Waals surface area contributed by atoms with Gasteiger partial charge in [0.05, 0.1) is 24.0 Å². The van der Waals surface area contributed by atoms with Gasteiger partial charge in [0.1, 0.15) is 18.1 Å². The molecule has 3 aromatic rings. The fourth-order valence-corrected chi connectivity index (χ4v) is 2.94. The number of aryl methyl sites for hydroxylation is 2. The van der Waals surface area contributed by atoms with Crippen molar-refractivity contribution < 1.29 is 18.7 Å². The largest absolute Gasteiger partial charge is 0.486 e. The number of furan rings is 1. The number of para-hydroxylation sites is 2. The predicted molar refractivity (Wildman–Crippen MR) is 94.7 cm³/mol. The summed E-state index contributed by atoms with van der Waals surface area (Å²) >= 11 is 0. The van der Waals surface area contributed by atoms with Gasteiger partial charge in [-0.15, -0.1) is 0 Å². The van der Waals surface area contributed by atoms with E-state index in [4.69, 9.17) is 13.9 Å². The lowest BCUT2D eigenvalue weighted by Crippen LogP contribution is -2.33. The summed E-state index contributed by atoms with van der Waals surface area (Å²) in [5.74, 6) is 2.57. The van der Waals surface area contributed by atoms with Crippen LogP contribution in [0.25, 0.3) is 0 Å². The Labute approximate surface area is 150 Å². The Morgan fingerprint density at radius 3 is 2.88 bits per heavy atom. The van der Waals surface area contributed by atoms with E-state index in [9.17, 15) is 4.79 Å².